The molecular formula is C39H32N4O11. The molecule has 3 aromatic carbocycles. The van der Waals surface area contributed by atoms with E-state index in [4.69, 9.17) is 5.73 Å². The van der Waals surface area contributed by atoms with Crippen LogP contribution in [0.15, 0.2) is 77.3 Å². The molecule has 274 valence electrons. The predicted octanol–water partition coefficient (Wildman–Crippen LogP) is 1.71. The van der Waals surface area contributed by atoms with Crippen LogP contribution in [0.3, 0.4) is 0 Å². The Hall–Kier alpha value is -6.45. The minimum atomic E-state index is -2.87. The van der Waals surface area contributed by atoms with E-state index in [9.17, 15) is 54.0 Å². The first kappa shape index (κ1) is 34.6. The number of Topliss-reactive ketones (excluding diaryl/α,β-unsaturated/α-hetero) is 2. The maximum Gasteiger partial charge on any atom is 0.261 e. The lowest BCUT2D eigenvalue weighted by atomic mass is 9.58. The lowest BCUT2D eigenvalue weighted by Crippen LogP contribution is -2.63. The van der Waals surface area contributed by atoms with Crippen LogP contribution in [0.25, 0.3) is 0 Å². The van der Waals surface area contributed by atoms with Gasteiger partial charge in [-0.3, -0.25) is 48.3 Å². The predicted molar refractivity (Wildman–Crippen MR) is 185 cm³/mol. The number of imide groups is 2. The van der Waals surface area contributed by atoms with Gasteiger partial charge >= 0.3 is 0 Å². The van der Waals surface area contributed by atoms with Crippen LogP contribution in [-0.4, -0.2) is 102 Å². The van der Waals surface area contributed by atoms with E-state index in [-0.39, 0.29) is 58.3 Å². The third-order valence-corrected chi connectivity index (χ3v) is 11.3. The number of hydrogen-bond donors (Lipinski definition) is 5. The number of allylic oxidation sites excluding steroid dienone is 1. The first-order valence-electron chi connectivity index (χ1n) is 17.0. The molecular weight excluding hydrogens is 700 g/mol. The van der Waals surface area contributed by atoms with Crippen LogP contribution in [0.2, 0.25) is 0 Å². The maximum absolute atomic E-state index is 14.6. The summed E-state index contributed by atoms with van der Waals surface area (Å²) in [6, 6.07) is 12.6. The summed E-state index contributed by atoms with van der Waals surface area (Å²) in [5.41, 5.74) is 1.71. The van der Waals surface area contributed by atoms with Crippen molar-refractivity contribution >= 4 is 41.1 Å². The summed E-state index contributed by atoms with van der Waals surface area (Å²) in [6.45, 7) is -0.907. The number of carbonyl (C=O) groups is 7. The Labute approximate surface area is 306 Å². The SMILES string of the molecule is CN(C)[C@H]1C(O)=C(C(N)=O)C(=O)[C@@]2(O)C(O)=C3C(=O)c4c(O)c(CN5C(=O)c6ccccc6C5=O)cc(CN5C(=O)c6ccccc6C5=O)c4C[C@@H]3C[C@@H]12. The third-order valence-electron chi connectivity index (χ3n) is 11.3. The van der Waals surface area contributed by atoms with Crippen molar-refractivity contribution in [1.29, 1.82) is 0 Å². The van der Waals surface area contributed by atoms with Gasteiger partial charge in [0.05, 0.1) is 46.9 Å². The fraction of sp³-hybridized carbons (Fsp3) is 0.256. The molecule has 0 spiro atoms. The molecule has 0 saturated heterocycles. The van der Waals surface area contributed by atoms with Gasteiger partial charge < -0.3 is 26.2 Å². The Morgan fingerprint density at radius 2 is 1.30 bits per heavy atom. The second-order valence-electron chi connectivity index (χ2n) is 14.3. The van der Waals surface area contributed by atoms with Gasteiger partial charge in [-0.25, -0.2) is 0 Å². The van der Waals surface area contributed by atoms with Crippen LogP contribution in [0.4, 0.5) is 0 Å². The highest BCUT2D eigenvalue weighted by atomic mass is 16.3. The van der Waals surface area contributed by atoms with E-state index in [1.165, 1.54) is 49.3 Å². The van der Waals surface area contributed by atoms with Gasteiger partial charge in [-0.05, 0) is 74.3 Å². The normalized spacial score (nSPS) is 24.6. The number of primary amides is 1. The quantitative estimate of drug-likeness (QED) is 0.180. The smallest absolute Gasteiger partial charge is 0.261 e. The van der Waals surface area contributed by atoms with E-state index >= 15 is 0 Å². The number of phenolic OH excluding ortho intramolecular Hbond substituents is 1. The summed E-state index contributed by atoms with van der Waals surface area (Å²) < 4.78 is 0. The lowest BCUT2D eigenvalue weighted by molar-refractivity contribution is -0.148. The molecule has 54 heavy (non-hydrogen) atoms. The van der Waals surface area contributed by atoms with Crippen LogP contribution in [0, 0.1) is 11.8 Å². The molecule has 0 aromatic heterocycles. The number of nitrogens with zero attached hydrogens (tertiary/aromatic N) is 3. The Balaban J connectivity index is 1.28. The number of carbonyl (C=O) groups excluding carboxylic acids is 7. The molecule has 0 radical (unpaired) electrons. The van der Waals surface area contributed by atoms with Gasteiger partial charge in [-0.15, -0.1) is 0 Å². The van der Waals surface area contributed by atoms with E-state index in [1.54, 1.807) is 24.3 Å². The fourth-order valence-electron chi connectivity index (χ4n) is 8.83. The number of phenols is 1. The highest BCUT2D eigenvalue weighted by Crippen LogP contribution is 2.53. The average molecular weight is 733 g/mol. The fourth-order valence-corrected chi connectivity index (χ4v) is 8.83. The van der Waals surface area contributed by atoms with E-state index < -0.39 is 105 Å². The zero-order valence-corrected chi connectivity index (χ0v) is 28.8. The van der Waals surface area contributed by atoms with Crippen molar-refractivity contribution in [2.75, 3.05) is 14.1 Å². The third kappa shape index (κ3) is 4.51. The average Bonchev–Trinajstić information content (AvgIpc) is 3.51. The molecule has 2 aliphatic heterocycles. The lowest BCUT2D eigenvalue weighted by Gasteiger charge is -2.50. The molecule has 3 aliphatic carbocycles. The van der Waals surface area contributed by atoms with E-state index in [2.05, 4.69) is 0 Å². The number of benzene rings is 3. The first-order chi connectivity index (χ1) is 25.6. The van der Waals surface area contributed by atoms with Crippen molar-refractivity contribution in [1.82, 2.24) is 14.7 Å². The molecule has 15 nitrogen and oxygen atoms in total. The largest absolute Gasteiger partial charge is 0.510 e. The monoisotopic (exact) mass is 732 g/mol. The molecule has 5 amide bonds. The maximum atomic E-state index is 14.6. The minimum absolute atomic E-state index is 0.0977. The topological polar surface area (TPSA) is 236 Å². The highest BCUT2D eigenvalue weighted by Gasteiger charge is 2.63. The summed E-state index contributed by atoms with van der Waals surface area (Å²) in [7, 11) is 3.03. The Kier molecular flexibility index (Phi) is 7.55. The molecule has 3 aromatic rings. The van der Waals surface area contributed by atoms with Gasteiger partial charge in [0.15, 0.2) is 11.4 Å². The first-order valence-corrected chi connectivity index (χ1v) is 17.0. The standard InChI is InChI=1S/C39H32N4O11/c1-41(2)28-24-13-16-12-23-17(14-42-35(50)19-7-3-4-8-20(19)36(42)51)11-18(15-43-37(52)21-9-5-6-10-22(21)38(43)53)29(44)26(23)30(45)25(16)32(47)39(24,54)33(48)27(31(28)46)34(40)49/h3-11,16,24,28,44,46-47,54H,12-15H2,1-2H3,(H2,40,49)/t16-,24+,28-,39+/m1/s1. The molecule has 0 bridgehead atoms. The number of aromatic hydroxyl groups is 1. The van der Waals surface area contributed by atoms with Gasteiger partial charge in [-0.1, -0.05) is 24.3 Å². The van der Waals surface area contributed by atoms with Gasteiger partial charge in [0.25, 0.3) is 29.5 Å². The van der Waals surface area contributed by atoms with Gasteiger partial charge in [0, 0.05) is 17.1 Å². The second-order valence-corrected chi connectivity index (χ2v) is 14.3. The number of likely N-dealkylation sites (N-methyl/N-ethyl adjacent to an activating group) is 1. The van der Waals surface area contributed by atoms with Gasteiger partial charge in [0.2, 0.25) is 5.78 Å². The molecule has 0 unspecified atom stereocenters. The summed E-state index contributed by atoms with van der Waals surface area (Å²) in [6.07, 6.45) is -0.302. The summed E-state index contributed by atoms with van der Waals surface area (Å²) in [5.74, 6) is -11.0. The molecule has 0 fully saturated rings. The summed E-state index contributed by atoms with van der Waals surface area (Å²) in [5, 5.41) is 46.7. The Morgan fingerprint density at radius 3 is 1.76 bits per heavy atom. The van der Waals surface area contributed by atoms with Crippen LogP contribution >= 0.6 is 0 Å². The molecule has 0 saturated carbocycles. The number of amides is 5. The van der Waals surface area contributed by atoms with Gasteiger partial charge in [-0.2, -0.15) is 0 Å². The van der Waals surface area contributed by atoms with E-state index in [0.29, 0.717) is 0 Å². The van der Waals surface area contributed by atoms with Crippen molar-refractivity contribution in [3.05, 3.63) is 122 Å². The van der Waals surface area contributed by atoms with Crippen molar-refractivity contribution in [3.8, 4) is 5.75 Å². The molecule has 4 atom stereocenters. The summed E-state index contributed by atoms with van der Waals surface area (Å²) >= 11 is 0. The summed E-state index contributed by atoms with van der Waals surface area (Å²) in [4.78, 5) is 97.8. The van der Waals surface area contributed by atoms with Crippen LogP contribution in [0.5, 0.6) is 5.75 Å². The number of aliphatic hydroxyl groups excluding tert-OH is 2. The van der Waals surface area contributed by atoms with E-state index in [0.717, 1.165) is 9.80 Å². The van der Waals surface area contributed by atoms with Crippen LogP contribution in [0.1, 0.15) is 74.9 Å². The highest BCUT2D eigenvalue weighted by molar-refractivity contribution is 6.25. The zero-order chi connectivity index (χ0) is 38.7. The molecule has 6 N–H and O–H groups in total. The number of aliphatic hydroxyl groups is 3. The van der Waals surface area contributed by atoms with Crippen molar-refractivity contribution in [3.63, 3.8) is 0 Å². The van der Waals surface area contributed by atoms with Crippen LogP contribution in [-0.2, 0) is 29.1 Å². The van der Waals surface area contributed by atoms with Crippen molar-refractivity contribution in [2.45, 2.75) is 37.6 Å². The number of hydrogen-bond acceptors (Lipinski definition) is 12. The Morgan fingerprint density at radius 1 is 0.815 bits per heavy atom. The minimum Gasteiger partial charge on any atom is -0.510 e. The van der Waals surface area contributed by atoms with Crippen LogP contribution < -0.4 is 5.73 Å². The van der Waals surface area contributed by atoms with Gasteiger partial charge in [0.1, 0.15) is 22.8 Å². The second kappa shape index (κ2) is 11.8. The molecule has 2 heterocycles. The number of fused-ring (bicyclic) bond motifs is 5. The molecule has 5 aliphatic rings. The molecule has 15 heteroatoms. The number of nitrogens with two attached hydrogens (primary N) is 1. The van der Waals surface area contributed by atoms with Crippen molar-refractivity contribution < 1.29 is 54.0 Å². The molecule has 8 rings (SSSR count). The van der Waals surface area contributed by atoms with E-state index in [1.807, 2.05) is 0 Å². The zero-order valence-electron chi connectivity index (χ0n) is 28.8. The number of ketones is 2. The number of rotatable bonds is 6. The van der Waals surface area contributed by atoms with Crippen molar-refractivity contribution in [2.24, 2.45) is 17.6 Å². The Bertz CT molecular complexity index is 2340.